The van der Waals surface area contributed by atoms with E-state index in [2.05, 4.69) is 10.6 Å². The van der Waals surface area contributed by atoms with Gasteiger partial charge in [-0.3, -0.25) is 14.5 Å². The van der Waals surface area contributed by atoms with Crippen LogP contribution >= 0.6 is 0 Å². The van der Waals surface area contributed by atoms with Crippen LogP contribution in [0.1, 0.15) is 52.9 Å². The minimum atomic E-state index is -0.496. The molecule has 2 N–H and O–H groups in total. The first kappa shape index (κ1) is 17.7. The van der Waals surface area contributed by atoms with E-state index < -0.39 is 11.6 Å². The Balaban J connectivity index is 1.73. The number of ether oxygens (including phenoxy) is 1. The average Bonchev–Trinajstić information content (AvgIpc) is 2.66. The largest absolute Gasteiger partial charge is 0.444 e. The Kier molecular flexibility index (Phi) is 5.29. The highest BCUT2D eigenvalue weighted by molar-refractivity contribution is 6.05. The molecule has 1 atom stereocenters. The first-order valence-electron chi connectivity index (χ1n) is 8.21. The summed E-state index contributed by atoms with van der Waals surface area (Å²) in [7, 11) is 1.52. The fourth-order valence-electron chi connectivity index (χ4n) is 3.05. The third kappa shape index (κ3) is 4.92. The summed E-state index contributed by atoms with van der Waals surface area (Å²) in [6, 6.07) is -0.0840. The molecule has 7 nitrogen and oxygen atoms in total. The second-order valence-electron chi connectivity index (χ2n) is 7.41. The van der Waals surface area contributed by atoms with Crippen molar-refractivity contribution >= 4 is 17.9 Å². The molecule has 0 aromatic heterocycles. The zero-order chi connectivity index (χ0) is 17.2. The van der Waals surface area contributed by atoms with Crippen LogP contribution < -0.4 is 10.6 Å². The van der Waals surface area contributed by atoms with Crippen molar-refractivity contribution in [1.82, 2.24) is 15.5 Å². The number of nitrogens with one attached hydrogen (secondary N) is 2. The standard InChI is InChI=1S/C16H27N3O4/c1-16(2,3)23-15(22)18-11-7-5-10(6-8-11)17-12-9-13(20)19(4)14(12)21/h10-12,17H,5-9H2,1-4H3,(H,18,22). The number of nitrogens with zero attached hydrogens (tertiary/aromatic N) is 1. The number of rotatable bonds is 3. The van der Waals surface area contributed by atoms with Crippen LogP contribution in [0.5, 0.6) is 0 Å². The van der Waals surface area contributed by atoms with Crippen molar-refractivity contribution in [3.05, 3.63) is 0 Å². The molecule has 0 spiro atoms. The molecule has 1 aliphatic heterocycles. The summed E-state index contributed by atoms with van der Waals surface area (Å²) in [5, 5.41) is 6.18. The monoisotopic (exact) mass is 325 g/mol. The minimum Gasteiger partial charge on any atom is -0.444 e. The van der Waals surface area contributed by atoms with Crippen molar-refractivity contribution in [2.75, 3.05) is 7.05 Å². The molecule has 1 aliphatic carbocycles. The Morgan fingerprint density at radius 3 is 2.17 bits per heavy atom. The van der Waals surface area contributed by atoms with Crippen LogP contribution in [-0.4, -0.2) is 53.6 Å². The molecule has 1 heterocycles. The summed E-state index contributed by atoms with van der Waals surface area (Å²) in [6.45, 7) is 5.51. The van der Waals surface area contributed by atoms with E-state index in [1.54, 1.807) is 0 Å². The number of alkyl carbamates (subject to hydrolysis) is 1. The van der Waals surface area contributed by atoms with Gasteiger partial charge in [0.05, 0.1) is 12.5 Å². The highest BCUT2D eigenvalue weighted by atomic mass is 16.6. The van der Waals surface area contributed by atoms with Gasteiger partial charge in [0.15, 0.2) is 0 Å². The molecule has 0 aromatic rings. The van der Waals surface area contributed by atoms with Gasteiger partial charge in [0.2, 0.25) is 11.8 Å². The highest BCUT2D eigenvalue weighted by Crippen LogP contribution is 2.21. The number of carbonyl (C=O) groups is 3. The molecule has 0 aromatic carbocycles. The lowest BCUT2D eigenvalue weighted by atomic mass is 9.90. The lowest BCUT2D eigenvalue weighted by Gasteiger charge is -2.31. The number of amides is 3. The van der Waals surface area contributed by atoms with Gasteiger partial charge >= 0.3 is 6.09 Å². The molecule has 1 unspecified atom stereocenters. The number of likely N-dealkylation sites (tertiary alicyclic amines) is 1. The van der Waals surface area contributed by atoms with E-state index in [4.69, 9.17) is 4.74 Å². The molecule has 1 saturated carbocycles. The highest BCUT2D eigenvalue weighted by Gasteiger charge is 2.37. The smallest absolute Gasteiger partial charge is 0.407 e. The summed E-state index contributed by atoms with van der Waals surface area (Å²) in [6.07, 6.45) is 3.26. The van der Waals surface area contributed by atoms with Gasteiger partial charge in [-0.15, -0.1) is 0 Å². The van der Waals surface area contributed by atoms with Gasteiger partial charge in [-0.1, -0.05) is 0 Å². The summed E-state index contributed by atoms with van der Waals surface area (Å²) in [5.41, 5.74) is -0.496. The molecular weight excluding hydrogens is 298 g/mol. The van der Waals surface area contributed by atoms with Gasteiger partial charge in [-0.05, 0) is 46.5 Å². The zero-order valence-electron chi connectivity index (χ0n) is 14.3. The van der Waals surface area contributed by atoms with Crippen molar-refractivity contribution in [2.24, 2.45) is 0 Å². The number of imide groups is 1. The van der Waals surface area contributed by atoms with Crippen molar-refractivity contribution in [2.45, 2.75) is 76.6 Å². The SMILES string of the molecule is CN1C(=O)CC(NC2CCC(NC(=O)OC(C)(C)C)CC2)C1=O. The first-order chi connectivity index (χ1) is 10.7. The summed E-state index contributed by atoms with van der Waals surface area (Å²) in [4.78, 5) is 36.4. The van der Waals surface area contributed by atoms with Gasteiger partial charge in [-0.2, -0.15) is 0 Å². The van der Waals surface area contributed by atoms with Crippen molar-refractivity contribution < 1.29 is 19.1 Å². The van der Waals surface area contributed by atoms with Crippen molar-refractivity contribution in [1.29, 1.82) is 0 Å². The second kappa shape index (κ2) is 6.86. The predicted molar refractivity (Wildman–Crippen MR) is 84.7 cm³/mol. The number of carbonyl (C=O) groups excluding carboxylic acids is 3. The lowest BCUT2D eigenvalue weighted by Crippen LogP contribution is -2.47. The Bertz CT molecular complexity index is 478. The van der Waals surface area contributed by atoms with Crippen LogP contribution in [0.4, 0.5) is 4.79 Å². The van der Waals surface area contributed by atoms with Crippen LogP contribution in [0.3, 0.4) is 0 Å². The molecule has 0 bridgehead atoms. The quantitative estimate of drug-likeness (QED) is 0.761. The summed E-state index contributed by atoms with van der Waals surface area (Å²) < 4.78 is 5.26. The van der Waals surface area contributed by atoms with E-state index in [1.807, 2.05) is 20.8 Å². The van der Waals surface area contributed by atoms with Gasteiger partial charge in [0.1, 0.15) is 5.60 Å². The average molecular weight is 325 g/mol. The lowest BCUT2D eigenvalue weighted by molar-refractivity contribution is -0.137. The third-order valence-electron chi connectivity index (χ3n) is 4.27. The third-order valence-corrected chi connectivity index (χ3v) is 4.27. The van der Waals surface area contributed by atoms with Gasteiger partial charge in [-0.25, -0.2) is 4.79 Å². The topological polar surface area (TPSA) is 87.7 Å². The Hall–Kier alpha value is -1.63. The molecule has 2 aliphatic rings. The van der Waals surface area contributed by atoms with Gasteiger partial charge in [0.25, 0.3) is 0 Å². The fraction of sp³-hybridized carbons (Fsp3) is 0.812. The van der Waals surface area contributed by atoms with E-state index >= 15 is 0 Å². The van der Waals surface area contributed by atoms with E-state index in [-0.39, 0.29) is 36.4 Å². The molecule has 7 heteroatoms. The minimum absolute atomic E-state index is 0.103. The second-order valence-corrected chi connectivity index (χ2v) is 7.41. The van der Waals surface area contributed by atoms with Crippen LogP contribution in [0.2, 0.25) is 0 Å². The van der Waals surface area contributed by atoms with Crippen LogP contribution in [0.25, 0.3) is 0 Å². The normalized spacial score (nSPS) is 28.9. The zero-order valence-corrected chi connectivity index (χ0v) is 14.3. The molecule has 2 rings (SSSR count). The van der Waals surface area contributed by atoms with Gasteiger partial charge < -0.3 is 15.4 Å². The molecule has 23 heavy (non-hydrogen) atoms. The van der Waals surface area contributed by atoms with E-state index in [9.17, 15) is 14.4 Å². The van der Waals surface area contributed by atoms with Gasteiger partial charge in [0, 0.05) is 19.1 Å². The maximum Gasteiger partial charge on any atom is 0.407 e. The molecule has 3 amide bonds. The maximum atomic E-state index is 11.9. The number of likely N-dealkylation sites (N-methyl/N-ethyl adjacent to an activating group) is 1. The molecular formula is C16H27N3O4. The van der Waals surface area contributed by atoms with E-state index in [1.165, 1.54) is 11.9 Å². The van der Waals surface area contributed by atoms with Crippen LogP contribution in [0.15, 0.2) is 0 Å². The molecule has 2 fully saturated rings. The van der Waals surface area contributed by atoms with Crippen molar-refractivity contribution in [3.63, 3.8) is 0 Å². The first-order valence-corrected chi connectivity index (χ1v) is 8.21. The Morgan fingerprint density at radius 1 is 1.13 bits per heavy atom. The Labute approximate surface area is 137 Å². The number of hydrogen-bond acceptors (Lipinski definition) is 5. The van der Waals surface area contributed by atoms with Crippen LogP contribution in [0, 0.1) is 0 Å². The summed E-state index contributed by atoms with van der Waals surface area (Å²) >= 11 is 0. The number of hydrogen-bond donors (Lipinski definition) is 2. The Morgan fingerprint density at radius 2 is 1.70 bits per heavy atom. The van der Waals surface area contributed by atoms with Crippen LogP contribution in [-0.2, 0) is 14.3 Å². The maximum absolute atomic E-state index is 11.9. The van der Waals surface area contributed by atoms with Crippen molar-refractivity contribution in [3.8, 4) is 0 Å². The molecule has 0 radical (unpaired) electrons. The predicted octanol–water partition coefficient (Wildman–Crippen LogP) is 1.17. The summed E-state index contributed by atoms with van der Waals surface area (Å²) in [5.74, 6) is -0.281. The van der Waals surface area contributed by atoms with E-state index in [0.29, 0.717) is 0 Å². The fourth-order valence-corrected chi connectivity index (χ4v) is 3.05. The molecule has 130 valence electrons. The molecule has 1 saturated heterocycles. The van der Waals surface area contributed by atoms with E-state index in [0.717, 1.165) is 25.7 Å².